The lowest BCUT2D eigenvalue weighted by molar-refractivity contribution is 1.36. The van der Waals surface area contributed by atoms with E-state index in [1.165, 1.54) is 21.5 Å². The predicted molar refractivity (Wildman–Crippen MR) is 61.8 cm³/mol. The van der Waals surface area contributed by atoms with Crippen LogP contribution < -0.4 is 0 Å². The van der Waals surface area contributed by atoms with Crippen molar-refractivity contribution in [2.24, 2.45) is 0 Å². The van der Waals surface area contributed by atoms with Crippen LogP contribution in [0.5, 0.6) is 0 Å². The molecule has 0 saturated carbocycles. The highest BCUT2D eigenvalue weighted by Crippen LogP contribution is 2.47. The minimum Gasteiger partial charge on any atom is -0.142 e. The highest BCUT2D eigenvalue weighted by atomic mass is 79.9. The normalized spacial score (nSPS) is 18.4. The van der Waals surface area contributed by atoms with Crippen LogP contribution in [0.2, 0.25) is 0 Å². The summed E-state index contributed by atoms with van der Waals surface area (Å²) in [5, 5.41) is 0. The Bertz CT molecular complexity index is 269. The lowest BCUT2D eigenvalue weighted by Gasteiger charge is -2.09. The first-order valence-corrected chi connectivity index (χ1v) is 6.74. The van der Waals surface area contributed by atoms with Crippen molar-refractivity contribution in [1.29, 1.82) is 0 Å². The van der Waals surface area contributed by atoms with E-state index in [1.54, 1.807) is 0 Å². The van der Waals surface area contributed by atoms with Gasteiger partial charge in [-0.25, -0.2) is 0 Å². The average molecular weight is 261 g/mol. The molecule has 1 aromatic rings. The maximum atomic E-state index is 3.58. The van der Waals surface area contributed by atoms with Crippen LogP contribution in [0.15, 0.2) is 28.7 Å². The standard InChI is InChI=1S/C9H9BrS2/c10-8-4-2-1-3-7(8)9-11-5-6-12-9/h1-4,9H,5-6H2. The van der Waals surface area contributed by atoms with Crippen molar-refractivity contribution in [2.45, 2.75) is 4.58 Å². The molecule has 64 valence electrons. The molecule has 0 radical (unpaired) electrons. The largest absolute Gasteiger partial charge is 0.142 e. The third-order valence-corrected chi connectivity index (χ3v) is 5.57. The fraction of sp³-hybridized carbons (Fsp3) is 0.333. The molecule has 0 atom stereocenters. The summed E-state index contributed by atoms with van der Waals surface area (Å²) in [6, 6.07) is 8.51. The van der Waals surface area contributed by atoms with Crippen LogP contribution in [0, 0.1) is 0 Å². The van der Waals surface area contributed by atoms with Crippen molar-refractivity contribution in [3.05, 3.63) is 34.3 Å². The SMILES string of the molecule is Brc1ccccc1C1SCCS1. The van der Waals surface area contributed by atoms with E-state index in [9.17, 15) is 0 Å². The molecule has 1 fully saturated rings. The quantitative estimate of drug-likeness (QED) is 0.751. The molecule has 1 aliphatic heterocycles. The molecule has 0 N–H and O–H groups in total. The molecule has 0 bridgehead atoms. The Morgan fingerprint density at radius 1 is 1.17 bits per heavy atom. The van der Waals surface area contributed by atoms with Gasteiger partial charge in [-0.1, -0.05) is 34.1 Å². The Morgan fingerprint density at radius 3 is 2.50 bits per heavy atom. The van der Waals surface area contributed by atoms with Crippen LogP contribution in [-0.2, 0) is 0 Å². The molecule has 1 aliphatic rings. The molecule has 0 unspecified atom stereocenters. The third-order valence-electron chi connectivity index (χ3n) is 1.78. The van der Waals surface area contributed by atoms with Crippen LogP contribution in [0.4, 0.5) is 0 Å². The van der Waals surface area contributed by atoms with Crippen molar-refractivity contribution in [2.75, 3.05) is 11.5 Å². The molecule has 0 aliphatic carbocycles. The molecule has 3 heteroatoms. The Labute approximate surface area is 89.6 Å². The topological polar surface area (TPSA) is 0 Å². The lowest BCUT2D eigenvalue weighted by Crippen LogP contribution is -1.85. The summed E-state index contributed by atoms with van der Waals surface area (Å²) in [6.45, 7) is 0. The molecular weight excluding hydrogens is 252 g/mol. The van der Waals surface area contributed by atoms with Gasteiger partial charge in [0.1, 0.15) is 0 Å². The van der Waals surface area contributed by atoms with Crippen LogP contribution in [0.3, 0.4) is 0 Å². The summed E-state index contributed by atoms with van der Waals surface area (Å²) in [5.74, 6) is 2.58. The van der Waals surface area contributed by atoms with E-state index in [0.29, 0.717) is 4.58 Å². The summed E-state index contributed by atoms with van der Waals surface area (Å²) < 4.78 is 1.90. The van der Waals surface area contributed by atoms with Gasteiger partial charge >= 0.3 is 0 Å². The first-order chi connectivity index (χ1) is 5.88. The van der Waals surface area contributed by atoms with Crippen LogP contribution in [0.1, 0.15) is 10.1 Å². The maximum Gasteiger partial charge on any atom is 0.0762 e. The van der Waals surface area contributed by atoms with Gasteiger partial charge in [0.25, 0.3) is 0 Å². The zero-order chi connectivity index (χ0) is 8.39. The molecule has 0 amide bonds. The molecule has 1 aromatic carbocycles. The van der Waals surface area contributed by atoms with Crippen LogP contribution >= 0.6 is 39.5 Å². The van der Waals surface area contributed by atoms with Gasteiger partial charge in [-0.05, 0) is 11.6 Å². The molecular formula is C9H9BrS2. The first-order valence-electron chi connectivity index (χ1n) is 3.85. The molecule has 1 saturated heterocycles. The summed E-state index contributed by atoms with van der Waals surface area (Å²) >= 11 is 7.66. The molecule has 2 rings (SSSR count). The molecule has 1 heterocycles. The number of rotatable bonds is 1. The third kappa shape index (κ3) is 1.83. The van der Waals surface area contributed by atoms with E-state index in [2.05, 4.69) is 40.2 Å². The predicted octanol–water partition coefficient (Wildman–Crippen LogP) is 3.93. The summed E-state index contributed by atoms with van der Waals surface area (Å²) in [7, 11) is 0. The second-order valence-corrected chi connectivity index (χ2v) is 6.17. The Kier molecular flexibility index (Phi) is 3.05. The van der Waals surface area contributed by atoms with E-state index in [0.717, 1.165) is 0 Å². The molecule has 0 nitrogen and oxygen atoms in total. The Morgan fingerprint density at radius 2 is 1.83 bits per heavy atom. The Hall–Kier alpha value is 0.400. The number of hydrogen-bond acceptors (Lipinski definition) is 2. The van der Waals surface area contributed by atoms with Gasteiger partial charge in [0, 0.05) is 16.0 Å². The van der Waals surface area contributed by atoms with Crippen molar-refractivity contribution in [3.8, 4) is 0 Å². The fourth-order valence-electron chi connectivity index (χ4n) is 1.20. The summed E-state index contributed by atoms with van der Waals surface area (Å²) in [5.41, 5.74) is 1.44. The molecule has 0 aromatic heterocycles. The van der Waals surface area contributed by atoms with Gasteiger partial charge < -0.3 is 0 Å². The van der Waals surface area contributed by atoms with E-state index >= 15 is 0 Å². The monoisotopic (exact) mass is 260 g/mol. The van der Waals surface area contributed by atoms with Crippen molar-refractivity contribution < 1.29 is 0 Å². The molecule has 12 heavy (non-hydrogen) atoms. The van der Waals surface area contributed by atoms with Gasteiger partial charge in [0.2, 0.25) is 0 Å². The summed E-state index contributed by atoms with van der Waals surface area (Å²) in [6.07, 6.45) is 0. The second kappa shape index (κ2) is 4.07. The highest BCUT2D eigenvalue weighted by Gasteiger charge is 2.19. The minimum absolute atomic E-state index is 0.653. The van der Waals surface area contributed by atoms with E-state index < -0.39 is 0 Å². The summed E-state index contributed by atoms with van der Waals surface area (Å²) in [4.78, 5) is 0. The lowest BCUT2D eigenvalue weighted by atomic mass is 10.2. The fourth-order valence-corrected chi connectivity index (χ4v) is 4.95. The van der Waals surface area contributed by atoms with Gasteiger partial charge in [0.05, 0.1) is 4.58 Å². The average Bonchev–Trinajstić information content (AvgIpc) is 2.57. The van der Waals surface area contributed by atoms with E-state index in [-0.39, 0.29) is 0 Å². The highest BCUT2D eigenvalue weighted by molar-refractivity contribution is 9.10. The smallest absolute Gasteiger partial charge is 0.0762 e. The van der Waals surface area contributed by atoms with Crippen LogP contribution in [-0.4, -0.2) is 11.5 Å². The van der Waals surface area contributed by atoms with Gasteiger partial charge in [-0.3, -0.25) is 0 Å². The van der Waals surface area contributed by atoms with Crippen LogP contribution in [0.25, 0.3) is 0 Å². The Balaban J connectivity index is 2.26. The van der Waals surface area contributed by atoms with E-state index in [4.69, 9.17) is 0 Å². The van der Waals surface area contributed by atoms with E-state index in [1.807, 2.05) is 23.5 Å². The van der Waals surface area contributed by atoms with Gasteiger partial charge in [0.15, 0.2) is 0 Å². The van der Waals surface area contributed by atoms with Crippen molar-refractivity contribution >= 4 is 39.5 Å². The first kappa shape index (κ1) is 8.97. The molecule has 0 spiro atoms. The number of halogens is 1. The van der Waals surface area contributed by atoms with Gasteiger partial charge in [-0.15, -0.1) is 23.5 Å². The second-order valence-electron chi connectivity index (χ2n) is 2.60. The van der Waals surface area contributed by atoms with Crippen molar-refractivity contribution in [1.82, 2.24) is 0 Å². The number of thioether (sulfide) groups is 2. The number of hydrogen-bond donors (Lipinski definition) is 0. The maximum absolute atomic E-state index is 3.58. The zero-order valence-electron chi connectivity index (χ0n) is 6.50. The number of benzene rings is 1. The van der Waals surface area contributed by atoms with Gasteiger partial charge in [-0.2, -0.15) is 0 Å². The minimum atomic E-state index is 0.653. The van der Waals surface area contributed by atoms with Crippen molar-refractivity contribution in [3.63, 3.8) is 0 Å². The zero-order valence-corrected chi connectivity index (χ0v) is 9.71.